The molecule has 106 valence electrons. The van der Waals surface area contributed by atoms with E-state index in [0.29, 0.717) is 25.6 Å². The van der Waals surface area contributed by atoms with Gasteiger partial charge in [-0.25, -0.2) is 0 Å². The van der Waals surface area contributed by atoms with E-state index >= 15 is 0 Å². The summed E-state index contributed by atoms with van der Waals surface area (Å²) in [5, 5.41) is 2.94. The van der Waals surface area contributed by atoms with Gasteiger partial charge in [-0.1, -0.05) is 30.3 Å². The maximum absolute atomic E-state index is 12.1. The second-order valence-electron chi connectivity index (χ2n) is 5.74. The molecule has 20 heavy (non-hydrogen) atoms. The predicted octanol–water partition coefficient (Wildman–Crippen LogP) is 1.70. The van der Waals surface area contributed by atoms with Gasteiger partial charge in [0.25, 0.3) is 0 Å². The minimum atomic E-state index is -0.174. The van der Waals surface area contributed by atoms with Gasteiger partial charge in [0, 0.05) is 25.6 Å². The Hall–Kier alpha value is -1.84. The number of carbonyl (C=O) groups is 2. The zero-order chi connectivity index (χ0) is 13.9. The maximum atomic E-state index is 12.1. The van der Waals surface area contributed by atoms with Crippen LogP contribution in [0.5, 0.6) is 0 Å². The highest BCUT2D eigenvalue weighted by atomic mass is 16.2. The summed E-state index contributed by atoms with van der Waals surface area (Å²) in [6.45, 7) is 1.14. The summed E-state index contributed by atoms with van der Waals surface area (Å²) in [5.74, 6) is -0.0228. The molecular weight excluding hydrogens is 252 g/mol. The Morgan fingerprint density at radius 2 is 2.00 bits per heavy atom. The molecule has 4 nitrogen and oxygen atoms in total. The molecule has 4 heteroatoms. The lowest BCUT2D eigenvalue weighted by Crippen LogP contribution is -2.42. The average Bonchev–Trinajstić information content (AvgIpc) is 2.78. The molecule has 3 rings (SSSR count). The molecule has 0 bridgehead atoms. The fraction of sp³-hybridized carbons (Fsp3) is 0.500. The summed E-state index contributed by atoms with van der Waals surface area (Å²) < 4.78 is 0. The van der Waals surface area contributed by atoms with Gasteiger partial charge in [0.15, 0.2) is 0 Å². The Bertz CT molecular complexity index is 496. The first kappa shape index (κ1) is 13.2. The van der Waals surface area contributed by atoms with Gasteiger partial charge >= 0.3 is 0 Å². The van der Waals surface area contributed by atoms with Crippen LogP contribution in [0.2, 0.25) is 0 Å². The zero-order valence-electron chi connectivity index (χ0n) is 11.5. The molecule has 0 radical (unpaired) electrons. The van der Waals surface area contributed by atoms with Crippen LogP contribution in [0.1, 0.15) is 31.2 Å². The predicted molar refractivity (Wildman–Crippen MR) is 75.7 cm³/mol. The van der Waals surface area contributed by atoms with Crippen LogP contribution in [-0.4, -0.2) is 29.3 Å². The van der Waals surface area contributed by atoms with E-state index in [1.165, 1.54) is 6.42 Å². The fourth-order valence-electron chi connectivity index (χ4n) is 2.89. The molecule has 0 spiro atoms. The highest BCUT2D eigenvalue weighted by Gasteiger charge is 2.39. The standard InChI is InChI=1S/C16H20N2O2/c19-15-9-13(11-18(15)14-7-4-8-14)16(20)17-10-12-5-2-1-3-6-12/h1-3,5-6,13-14H,4,7-11H2,(H,17,20). The van der Waals surface area contributed by atoms with Crippen LogP contribution in [0.3, 0.4) is 0 Å². The Kier molecular flexibility index (Phi) is 3.72. The van der Waals surface area contributed by atoms with Crippen molar-refractivity contribution in [3.8, 4) is 0 Å². The van der Waals surface area contributed by atoms with Crippen molar-refractivity contribution < 1.29 is 9.59 Å². The Labute approximate surface area is 119 Å². The van der Waals surface area contributed by atoms with Crippen LogP contribution in [0.25, 0.3) is 0 Å². The van der Waals surface area contributed by atoms with Crippen molar-refractivity contribution >= 4 is 11.8 Å². The Morgan fingerprint density at radius 1 is 1.25 bits per heavy atom. The average molecular weight is 272 g/mol. The van der Waals surface area contributed by atoms with Crippen LogP contribution >= 0.6 is 0 Å². The largest absolute Gasteiger partial charge is 0.352 e. The Balaban J connectivity index is 1.52. The summed E-state index contributed by atoms with van der Waals surface area (Å²) in [6, 6.07) is 10.2. The van der Waals surface area contributed by atoms with Gasteiger partial charge in [-0.05, 0) is 24.8 Å². The van der Waals surface area contributed by atoms with Gasteiger partial charge < -0.3 is 10.2 Å². The van der Waals surface area contributed by atoms with E-state index in [0.717, 1.165) is 18.4 Å². The first-order valence-corrected chi connectivity index (χ1v) is 7.35. The van der Waals surface area contributed by atoms with E-state index in [2.05, 4.69) is 5.32 Å². The molecule has 1 saturated carbocycles. The van der Waals surface area contributed by atoms with Crippen molar-refractivity contribution in [3.05, 3.63) is 35.9 Å². The summed E-state index contributed by atoms with van der Waals surface area (Å²) in [7, 11) is 0. The number of carbonyl (C=O) groups excluding carboxylic acids is 2. The lowest BCUT2D eigenvalue weighted by Gasteiger charge is -2.34. The normalized spacial score (nSPS) is 22.7. The van der Waals surface area contributed by atoms with Gasteiger partial charge in [-0.3, -0.25) is 9.59 Å². The molecule has 1 aliphatic heterocycles. The van der Waals surface area contributed by atoms with Gasteiger partial charge in [0.05, 0.1) is 5.92 Å². The molecule has 1 N–H and O–H groups in total. The first-order valence-electron chi connectivity index (χ1n) is 7.35. The summed E-state index contributed by atoms with van der Waals surface area (Å²) in [6.07, 6.45) is 3.78. The SMILES string of the molecule is O=C(NCc1ccccc1)C1CC(=O)N(C2CCC2)C1. The van der Waals surface area contributed by atoms with Crippen LogP contribution in [0.4, 0.5) is 0 Å². The van der Waals surface area contributed by atoms with Crippen LogP contribution < -0.4 is 5.32 Å². The monoisotopic (exact) mass is 272 g/mol. The molecule has 1 atom stereocenters. The van der Waals surface area contributed by atoms with E-state index in [-0.39, 0.29) is 17.7 Å². The molecule has 1 heterocycles. The number of likely N-dealkylation sites (tertiary alicyclic amines) is 1. The van der Waals surface area contributed by atoms with Gasteiger partial charge in [0.2, 0.25) is 11.8 Å². The zero-order valence-corrected chi connectivity index (χ0v) is 11.5. The summed E-state index contributed by atoms with van der Waals surface area (Å²) >= 11 is 0. The van der Waals surface area contributed by atoms with Crippen LogP contribution in [-0.2, 0) is 16.1 Å². The third-order valence-corrected chi connectivity index (χ3v) is 4.35. The van der Waals surface area contributed by atoms with Crippen molar-refractivity contribution in [2.75, 3.05) is 6.54 Å². The van der Waals surface area contributed by atoms with E-state index in [9.17, 15) is 9.59 Å². The number of hydrogen-bond acceptors (Lipinski definition) is 2. The van der Waals surface area contributed by atoms with E-state index in [1.54, 1.807) is 0 Å². The molecule has 0 aromatic heterocycles. The number of amides is 2. The van der Waals surface area contributed by atoms with Crippen LogP contribution in [0, 0.1) is 5.92 Å². The topological polar surface area (TPSA) is 49.4 Å². The van der Waals surface area contributed by atoms with E-state index in [1.807, 2.05) is 35.2 Å². The molecule has 1 aliphatic carbocycles. The van der Waals surface area contributed by atoms with E-state index in [4.69, 9.17) is 0 Å². The Morgan fingerprint density at radius 3 is 2.65 bits per heavy atom. The molecule has 1 unspecified atom stereocenters. The van der Waals surface area contributed by atoms with E-state index < -0.39 is 0 Å². The first-order chi connectivity index (χ1) is 9.74. The number of benzene rings is 1. The highest BCUT2D eigenvalue weighted by Crippen LogP contribution is 2.30. The molecule has 2 aliphatic rings. The minimum Gasteiger partial charge on any atom is -0.352 e. The summed E-state index contributed by atoms with van der Waals surface area (Å²) in [5.41, 5.74) is 1.08. The number of nitrogens with zero attached hydrogens (tertiary/aromatic N) is 1. The molecule has 1 aromatic rings. The molecule has 2 fully saturated rings. The summed E-state index contributed by atoms with van der Waals surface area (Å²) in [4.78, 5) is 26.0. The lowest BCUT2D eigenvalue weighted by molar-refractivity contribution is -0.131. The fourth-order valence-corrected chi connectivity index (χ4v) is 2.89. The molecule has 2 amide bonds. The minimum absolute atomic E-state index is 0.00373. The van der Waals surface area contributed by atoms with Crippen molar-refractivity contribution in [2.45, 2.75) is 38.3 Å². The van der Waals surface area contributed by atoms with Gasteiger partial charge in [-0.15, -0.1) is 0 Å². The maximum Gasteiger partial charge on any atom is 0.225 e. The van der Waals surface area contributed by atoms with Gasteiger partial charge in [-0.2, -0.15) is 0 Å². The highest BCUT2D eigenvalue weighted by molar-refractivity contribution is 5.89. The molecule has 1 saturated heterocycles. The molecule has 1 aromatic carbocycles. The number of rotatable bonds is 4. The second kappa shape index (κ2) is 5.65. The quantitative estimate of drug-likeness (QED) is 0.907. The lowest BCUT2D eigenvalue weighted by atomic mass is 9.92. The third kappa shape index (κ3) is 2.69. The van der Waals surface area contributed by atoms with Crippen molar-refractivity contribution in [2.24, 2.45) is 5.92 Å². The van der Waals surface area contributed by atoms with Crippen molar-refractivity contribution in [1.29, 1.82) is 0 Å². The van der Waals surface area contributed by atoms with Crippen LogP contribution in [0.15, 0.2) is 30.3 Å². The molecular formula is C16H20N2O2. The second-order valence-corrected chi connectivity index (χ2v) is 5.74. The number of hydrogen-bond donors (Lipinski definition) is 1. The van der Waals surface area contributed by atoms with Crippen molar-refractivity contribution in [1.82, 2.24) is 10.2 Å². The third-order valence-electron chi connectivity index (χ3n) is 4.35. The van der Waals surface area contributed by atoms with Crippen molar-refractivity contribution in [3.63, 3.8) is 0 Å². The van der Waals surface area contributed by atoms with Gasteiger partial charge in [0.1, 0.15) is 0 Å². The smallest absolute Gasteiger partial charge is 0.225 e. The number of nitrogens with one attached hydrogen (secondary N) is 1.